The van der Waals surface area contributed by atoms with Gasteiger partial charge in [0.2, 0.25) is 0 Å². The Bertz CT molecular complexity index is 634. The lowest BCUT2D eigenvalue weighted by Crippen LogP contribution is -2.43. The van der Waals surface area contributed by atoms with E-state index in [1.54, 1.807) is 13.2 Å². The first-order valence-electron chi connectivity index (χ1n) is 7.90. The van der Waals surface area contributed by atoms with Gasteiger partial charge in [-0.05, 0) is 54.1 Å². The fraction of sp³-hybridized carbons (Fsp3) is 0.421. The monoisotopic (exact) mass is 330 g/mol. The van der Waals surface area contributed by atoms with Gasteiger partial charge in [0.15, 0.2) is 14.1 Å². The van der Waals surface area contributed by atoms with Crippen molar-refractivity contribution in [2.45, 2.75) is 45.0 Å². The van der Waals surface area contributed by atoms with Crippen LogP contribution in [0, 0.1) is 0 Å². The number of rotatable bonds is 4. The van der Waals surface area contributed by atoms with Gasteiger partial charge >= 0.3 is 0 Å². The van der Waals surface area contributed by atoms with E-state index >= 15 is 0 Å². The molecule has 2 rings (SSSR count). The van der Waals surface area contributed by atoms with E-state index in [1.165, 1.54) is 0 Å². The summed E-state index contributed by atoms with van der Waals surface area (Å²) in [5.74, 6) is 0.835. The summed E-state index contributed by atoms with van der Waals surface area (Å²) in [5.41, 5.74) is 1.68. The molecule has 0 heterocycles. The highest BCUT2D eigenvalue weighted by molar-refractivity contribution is 6.74. The van der Waals surface area contributed by atoms with Gasteiger partial charge in [0, 0.05) is 5.57 Å². The van der Waals surface area contributed by atoms with Crippen molar-refractivity contribution in [3.05, 3.63) is 47.6 Å². The zero-order chi connectivity index (χ0) is 17.3. The van der Waals surface area contributed by atoms with Gasteiger partial charge in [-0.2, -0.15) is 0 Å². The van der Waals surface area contributed by atoms with Gasteiger partial charge < -0.3 is 9.16 Å². The van der Waals surface area contributed by atoms with Crippen LogP contribution in [0.25, 0.3) is 6.08 Å². The van der Waals surface area contributed by atoms with Crippen LogP contribution in [0.15, 0.2) is 42.0 Å². The number of ether oxygens (including phenoxy) is 1. The summed E-state index contributed by atoms with van der Waals surface area (Å²) < 4.78 is 11.6. The average molecular weight is 331 g/mol. The number of hydrogen-bond donors (Lipinski definition) is 0. The number of carbonyl (C=O) groups is 1. The second kappa shape index (κ2) is 6.46. The van der Waals surface area contributed by atoms with Crippen LogP contribution in [0.3, 0.4) is 0 Å². The van der Waals surface area contributed by atoms with Crippen molar-refractivity contribution in [2.24, 2.45) is 0 Å². The molecule has 1 atom stereocenters. The lowest BCUT2D eigenvalue weighted by atomic mass is 10.1. The van der Waals surface area contributed by atoms with Crippen molar-refractivity contribution >= 4 is 20.2 Å². The normalized spacial score (nSPS) is 20.3. The lowest BCUT2D eigenvalue weighted by Gasteiger charge is -2.38. The molecule has 0 saturated heterocycles. The van der Waals surface area contributed by atoms with Gasteiger partial charge in [-0.3, -0.25) is 4.79 Å². The Kier molecular flexibility index (Phi) is 4.97. The van der Waals surface area contributed by atoms with Crippen LogP contribution in [-0.2, 0) is 9.22 Å². The smallest absolute Gasteiger partial charge is 0.193 e. The van der Waals surface area contributed by atoms with Gasteiger partial charge in [0.1, 0.15) is 5.75 Å². The summed E-state index contributed by atoms with van der Waals surface area (Å²) >= 11 is 0. The molecule has 0 bridgehead atoms. The average Bonchev–Trinajstić information content (AvgIpc) is 2.79. The quantitative estimate of drug-likeness (QED) is 0.597. The van der Waals surface area contributed by atoms with Crippen molar-refractivity contribution in [3.63, 3.8) is 0 Å². The Morgan fingerprint density at radius 3 is 2.26 bits per heavy atom. The zero-order valence-corrected chi connectivity index (χ0v) is 15.8. The molecule has 0 aliphatic heterocycles. The fourth-order valence-electron chi connectivity index (χ4n) is 2.14. The first-order valence-corrected chi connectivity index (χ1v) is 10.8. The Morgan fingerprint density at radius 1 is 1.13 bits per heavy atom. The van der Waals surface area contributed by atoms with Crippen LogP contribution < -0.4 is 4.74 Å². The minimum Gasteiger partial charge on any atom is -0.497 e. The summed E-state index contributed by atoms with van der Waals surface area (Å²) in [7, 11) is -0.298. The molecule has 0 spiro atoms. The van der Waals surface area contributed by atoms with E-state index in [2.05, 4.69) is 33.9 Å². The molecule has 3 nitrogen and oxygen atoms in total. The first-order chi connectivity index (χ1) is 10.6. The molecule has 0 aromatic heterocycles. The van der Waals surface area contributed by atoms with Crippen molar-refractivity contribution in [2.75, 3.05) is 7.11 Å². The topological polar surface area (TPSA) is 35.5 Å². The number of hydrogen-bond acceptors (Lipinski definition) is 3. The largest absolute Gasteiger partial charge is 0.497 e. The van der Waals surface area contributed by atoms with E-state index in [9.17, 15) is 4.79 Å². The Hall–Kier alpha value is -1.65. The lowest BCUT2D eigenvalue weighted by molar-refractivity contribution is -0.111. The zero-order valence-electron chi connectivity index (χ0n) is 14.8. The van der Waals surface area contributed by atoms with Crippen molar-refractivity contribution < 1.29 is 14.0 Å². The van der Waals surface area contributed by atoms with Crippen LogP contribution in [0.5, 0.6) is 5.75 Å². The number of carbonyl (C=O) groups excluding carboxylic acids is 1. The van der Waals surface area contributed by atoms with Crippen molar-refractivity contribution in [1.82, 2.24) is 0 Å². The second-order valence-electron chi connectivity index (χ2n) is 7.39. The number of allylic oxidation sites excluding steroid dienone is 1. The van der Waals surface area contributed by atoms with E-state index in [0.717, 1.165) is 11.3 Å². The Balaban J connectivity index is 2.25. The van der Waals surface area contributed by atoms with Crippen LogP contribution in [0.4, 0.5) is 0 Å². The molecule has 124 valence electrons. The summed E-state index contributed by atoms with van der Waals surface area (Å²) in [4.78, 5) is 12.2. The van der Waals surface area contributed by atoms with E-state index in [4.69, 9.17) is 9.16 Å². The van der Waals surface area contributed by atoms with E-state index in [0.29, 0.717) is 5.57 Å². The molecular weight excluding hydrogens is 304 g/mol. The third-order valence-electron chi connectivity index (χ3n) is 4.68. The van der Waals surface area contributed by atoms with E-state index in [-0.39, 0.29) is 16.9 Å². The third kappa shape index (κ3) is 4.01. The molecule has 23 heavy (non-hydrogen) atoms. The molecule has 0 radical (unpaired) electrons. The van der Waals surface area contributed by atoms with Crippen LogP contribution in [0.2, 0.25) is 18.1 Å². The molecule has 0 amide bonds. The predicted molar refractivity (Wildman–Crippen MR) is 97.2 cm³/mol. The van der Waals surface area contributed by atoms with Crippen LogP contribution in [0.1, 0.15) is 26.3 Å². The molecule has 1 aromatic carbocycles. The molecule has 0 N–H and O–H groups in total. The standard InChI is InChI=1S/C19H26O3Si/c1-19(2,3)23(5,6)22-18-12-11-17(20)16(18)13-14-7-9-15(21-4)10-8-14/h7-13,18H,1-6H3. The Morgan fingerprint density at radius 2 is 1.74 bits per heavy atom. The van der Waals surface area contributed by atoms with E-state index in [1.807, 2.05) is 36.4 Å². The van der Waals surface area contributed by atoms with Gasteiger partial charge in [0.25, 0.3) is 0 Å². The van der Waals surface area contributed by atoms with Crippen molar-refractivity contribution in [1.29, 1.82) is 0 Å². The molecule has 1 aliphatic carbocycles. The molecule has 1 aliphatic rings. The van der Waals surface area contributed by atoms with Crippen LogP contribution >= 0.6 is 0 Å². The molecule has 0 fully saturated rings. The van der Waals surface area contributed by atoms with Crippen molar-refractivity contribution in [3.8, 4) is 5.75 Å². The number of benzene rings is 1. The summed E-state index contributed by atoms with van der Waals surface area (Å²) in [6, 6.07) is 7.67. The minimum atomic E-state index is -1.94. The molecule has 1 aromatic rings. The van der Waals surface area contributed by atoms with Gasteiger partial charge in [-0.1, -0.05) is 32.9 Å². The molecular formula is C19H26O3Si. The molecule has 0 saturated carbocycles. The van der Waals surface area contributed by atoms with Crippen LogP contribution in [-0.4, -0.2) is 27.3 Å². The molecule has 4 heteroatoms. The Labute approximate surface area is 140 Å². The fourth-order valence-corrected chi connectivity index (χ4v) is 3.34. The number of methoxy groups -OCH3 is 1. The highest BCUT2D eigenvalue weighted by atomic mass is 28.4. The van der Waals surface area contributed by atoms with Gasteiger partial charge in [0.05, 0.1) is 13.2 Å². The highest BCUT2D eigenvalue weighted by Gasteiger charge is 2.40. The maximum Gasteiger partial charge on any atom is 0.193 e. The third-order valence-corrected chi connectivity index (χ3v) is 9.13. The summed E-state index contributed by atoms with van der Waals surface area (Å²) in [6.07, 6.45) is 5.16. The highest BCUT2D eigenvalue weighted by Crippen LogP contribution is 2.39. The van der Waals surface area contributed by atoms with E-state index < -0.39 is 8.32 Å². The minimum absolute atomic E-state index is 0.0320. The maximum atomic E-state index is 12.2. The number of ketones is 1. The molecule has 1 unspecified atom stereocenters. The van der Waals surface area contributed by atoms with Gasteiger partial charge in [-0.25, -0.2) is 0 Å². The second-order valence-corrected chi connectivity index (χ2v) is 12.2. The first kappa shape index (κ1) is 17.7. The maximum absolute atomic E-state index is 12.2. The summed E-state index contributed by atoms with van der Waals surface area (Å²) in [6.45, 7) is 11.0. The predicted octanol–water partition coefficient (Wildman–Crippen LogP) is 4.61. The summed E-state index contributed by atoms with van der Waals surface area (Å²) in [5, 5.41) is 0.109. The SMILES string of the molecule is COc1ccc(C=C2C(=O)C=CC2O[Si](C)(C)C(C)(C)C)cc1. The van der Waals surface area contributed by atoms with Gasteiger partial charge in [-0.15, -0.1) is 0 Å².